The predicted molar refractivity (Wildman–Crippen MR) is 43.0 cm³/mol. The van der Waals surface area contributed by atoms with E-state index in [1.807, 2.05) is 18.2 Å². The molecule has 4 heteroatoms. The SMILES string of the molecule is NOCc1ccc2cnoc2c1. The van der Waals surface area contributed by atoms with E-state index in [2.05, 4.69) is 9.99 Å². The Hall–Kier alpha value is -1.39. The van der Waals surface area contributed by atoms with Gasteiger partial charge >= 0.3 is 0 Å². The van der Waals surface area contributed by atoms with E-state index in [9.17, 15) is 0 Å². The Bertz CT molecular complexity index is 383. The van der Waals surface area contributed by atoms with Crippen LogP contribution in [0.5, 0.6) is 0 Å². The van der Waals surface area contributed by atoms with Crippen molar-refractivity contribution in [2.75, 3.05) is 0 Å². The van der Waals surface area contributed by atoms with Crippen LogP contribution in [0.25, 0.3) is 11.0 Å². The van der Waals surface area contributed by atoms with E-state index in [1.165, 1.54) is 0 Å². The van der Waals surface area contributed by atoms with E-state index in [1.54, 1.807) is 6.20 Å². The second kappa shape index (κ2) is 2.92. The highest BCUT2D eigenvalue weighted by atomic mass is 16.6. The Kier molecular flexibility index (Phi) is 1.77. The number of hydrogen-bond donors (Lipinski definition) is 1. The van der Waals surface area contributed by atoms with Gasteiger partial charge in [-0.1, -0.05) is 11.2 Å². The lowest BCUT2D eigenvalue weighted by Gasteiger charge is -1.96. The van der Waals surface area contributed by atoms with Crippen LogP contribution in [0.15, 0.2) is 28.9 Å². The molecule has 0 saturated carbocycles. The summed E-state index contributed by atoms with van der Waals surface area (Å²) in [5, 5.41) is 4.64. The monoisotopic (exact) mass is 164 g/mol. The van der Waals surface area contributed by atoms with Gasteiger partial charge in [0.2, 0.25) is 0 Å². The Labute approximate surface area is 68.9 Å². The van der Waals surface area contributed by atoms with Gasteiger partial charge in [-0.2, -0.15) is 0 Å². The summed E-state index contributed by atoms with van der Waals surface area (Å²) in [6, 6.07) is 5.70. The van der Waals surface area contributed by atoms with Gasteiger partial charge < -0.3 is 4.52 Å². The molecule has 62 valence electrons. The zero-order chi connectivity index (χ0) is 8.39. The van der Waals surface area contributed by atoms with Gasteiger partial charge in [0.1, 0.15) is 0 Å². The van der Waals surface area contributed by atoms with E-state index in [-0.39, 0.29) is 0 Å². The number of aromatic nitrogens is 1. The molecule has 0 fully saturated rings. The molecule has 0 saturated heterocycles. The first-order valence-corrected chi connectivity index (χ1v) is 3.55. The fraction of sp³-hybridized carbons (Fsp3) is 0.125. The third kappa shape index (κ3) is 1.17. The Morgan fingerprint density at radius 3 is 3.25 bits per heavy atom. The van der Waals surface area contributed by atoms with Crippen molar-refractivity contribution in [1.82, 2.24) is 5.16 Å². The summed E-state index contributed by atoms with van der Waals surface area (Å²) in [5.74, 6) is 4.93. The first kappa shape index (κ1) is 7.27. The molecule has 0 bridgehead atoms. The minimum Gasteiger partial charge on any atom is -0.356 e. The summed E-state index contributed by atoms with van der Waals surface area (Å²) in [4.78, 5) is 4.49. The van der Waals surface area contributed by atoms with Crippen molar-refractivity contribution in [1.29, 1.82) is 0 Å². The van der Waals surface area contributed by atoms with Gasteiger partial charge in [-0.15, -0.1) is 0 Å². The second-order valence-electron chi connectivity index (χ2n) is 2.51. The predicted octanol–water partition coefficient (Wildman–Crippen LogP) is 1.22. The molecule has 0 spiro atoms. The molecule has 4 nitrogen and oxygen atoms in total. The minimum absolute atomic E-state index is 0.386. The number of nitrogens with two attached hydrogens (primary N) is 1. The van der Waals surface area contributed by atoms with Crippen LogP contribution in [-0.2, 0) is 11.4 Å². The van der Waals surface area contributed by atoms with Crippen LogP contribution in [0.3, 0.4) is 0 Å². The molecule has 0 radical (unpaired) electrons. The van der Waals surface area contributed by atoms with Gasteiger partial charge in [-0.25, -0.2) is 5.90 Å². The maximum Gasteiger partial charge on any atom is 0.167 e. The van der Waals surface area contributed by atoms with Crippen LogP contribution in [0.1, 0.15) is 5.56 Å². The van der Waals surface area contributed by atoms with Crippen molar-refractivity contribution >= 4 is 11.0 Å². The van der Waals surface area contributed by atoms with Crippen molar-refractivity contribution < 1.29 is 9.36 Å². The molecule has 1 aromatic carbocycles. The molecule has 1 heterocycles. The molecular formula is C8H8N2O2. The molecule has 0 amide bonds. The van der Waals surface area contributed by atoms with E-state index >= 15 is 0 Å². The zero-order valence-corrected chi connectivity index (χ0v) is 6.36. The van der Waals surface area contributed by atoms with Gasteiger partial charge in [0.15, 0.2) is 5.58 Å². The summed E-state index contributed by atoms with van der Waals surface area (Å²) >= 11 is 0. The van der Waals surface area contributed by atoms with Crippen molar-refractivity contribution in [3.63, 3.8) is 0 Å². The van der Waals surface area contributed by atoms with Crippen LogP contribution >= 0.6 is 0 Å². The van der Waals surface area contributed by atoms with E-state index in [0.29, 0.717) is 6.61 Å². The third-order valence-corrected chi connectivity index (χ3v) is 1.67. The highest BCUT2D eigenvalue weighted by Crippen LogP contribution is 2.15. The van der Waals surface area contributed by atoms with Crippen LogP contribution in [-0.4, -0.2) is 5.16 Å². The maximum atomic E-state index is 4.96. The molecular weight excluding hydrogens is 156 g/mol. The van der Waals surface area contributed by atoms with Crippen molar-refractivity contribution in [2.45, 2.75) is 6.61 Å². The van der Waals surface area contributed by atoms with E-state index in [4.69, 9.17) is 10.4 Å². The lowest BCUT2D eigenvalue weighted by atomic mass is 10.2. The smallest absolute Gasteiger partial charge is 0.167 e. The summed E-state index contributed by atoms with van der Waals surface area (Å²) in [6.45, 7) is 0.386. The number of fused-ring (bicyclic) bond motifs is 1. The first-order chi connectivity index (χ1) is 5.90. The van der Waals surface area contributed by atoms with Crippen LogP contribution in [0.4, 0.5) is 0 Å². The molecule has 0 atom stereocenters. The standard InChI is InChI=1S/C8H8N2O2/c9-11-5-6-1-2-7-4-10-12-8(7)3-6/h1-4H,5,9H2. The molecule has 1 aromatic heterocycles. The molecule has 2 aromatic rings. The number of benzene rings is 1. The number of hydrogen-bond acceptors (Lipinski definition) is 4. The zero-order valence-electron chi connectivity index (χ0n) is 6.36. The van der Waals surface area contributed by atoms with Gasteiger partial charge in [0.05, 0.1) is 12.8 Å². The van der Waals surface area contributed by atoms with Gasteiger partial charge in [0.25, 0.3) is 0 Å². The average Bonchev–Trinajstić information content (AvgIpc) is 2.51. The largest absolute Gasteiger partial charge is 0.356 e. The highest BCUT2D eigenvalue weighted by Gasteiger charge is 1.99. The highest BCUT2D eigenvalue weighted by molar-refractivity contribution is 5.76. The van der Waals surface area contributed by atoms with E-state index < -0.39 is 0 Å². The van der Waals surface area contributed by atoms with Gasteiger partial charge in [-0.05, 0) is 17.7 Å². The number of rotatable bonds is 2. The number of nitrogens with zero attached hydrogens (tertiary/aromatic N) is 1. The average molecular weight is 164 g/mol. The Balaban J connectivity index is 2.46. The lowest BCUT2D eigenvalue weighted by Crippen LogP contribution is -1.98. The quantitative estimate of drug-likeness (QED) is 0.678. The molecule has 2 rings (SSSR count). The van der Waals surface area contributed by atoms with Gasteiger partial charge in [-0.3, -0.25) is 4.84 Å². The molecule has 12 heavy (non-hydrogen) atoms. The van der Waals surface area contributed by atoms with E-state index in [0.717, 1.165) is 16.5 Å². The summed E-state index contributed by atoms with van der Waals surface area (Å²) in [7, 11) is 0. The summed E-state index contributed by atoms with van der Waals surface area (Å²) in [6.07, 6.45) is 1.67. The molecule has 2 N–H and O–H groups in total. The summed E-state index contributed by atoms with van der Waals surface area (Å²) in [5.41, 5.74) is 1.73. The summed E-state index contributed by atoms with van der Waals surface area (Å²) < 4.78 is 4.96. The first-order valence-electron chi connectivity index (χ1n) is 3.55. The Morgan fingerprint density at radius 1 is 1.50 bits per heavy atom. The fourth-order valence-corrected chi connectivity index (χ4v) is 1.09. The van der Waals surface area contributed by atoms with Crippen molar-refractivity contribution in [3.05, 3.63) is 30.0 Å². The van der Waals surface area contributed by atoms with Gasteiger partial charge in [0, 0.05) is 5.39 Å². The maximum absolute atomic E-state index is 4.96. The second-order valence-corrected chi connectivity index (χ2v) is 2.51. The van der Waals surface area contributed by atoms with Crippen LogP contribution < -0.4 is 5.90 Å². The molecule has 0 aliphatic heterocycles. The Morgan fingerprint density at radius 2 is 2.42 bits per heavy atom. The lowest BCUT2D eigenvalue weighted by molar-refractivity contribution is 0.124. The topological polar surface area (TPSA) is 61.3 Å². The molecule has 0 aliphatic carbocycles. The van der Waals surface area contributed by atoms with Crippen LogP contribution in [0.2, 0.25) is 0 Å². The normalized spacial score (nSPS) is 10.8. The fourth-order valence-electron chi connectivity index (χ4n) is 1.09. The van der Waals surface area contributed by atoms with Crippen LogP contribution in [0, 0.1) is 0 Å². The minimum atomic E-state index is 0.386. The molecule has 0 aliphatic rings. The third-order valence-electron chi connectivity index (χ3n) is 1.67. The van der Waals surface area contributed by atoms with Crippen molar-refractivity contribution in [2.24, 2.45) is 5.90 Å². The molecule has 0 unspecified atom stereocenters. The van der Waals surface area contributed by atoms with Crippen molar-refractivity contribution in [3.8, 4) is 0 Å².